The molecule has 4 heteroatoms. The summed E-state index contributed by atoms with van der Waals surface area (Å²) in [7, 11) is 0. The summed E-state index contributed by atoms with van der Waals surface area (Å²) < 4.78 is 0. The van der Waals surface area contributed by atoms with Crippen molar-refractivity contribution < 1.29 is 9.59 Å². The summed E-state index contributed by atoms with van der Waals surface area (Å²) in [6, 6.07) is 24.3. The Bertz CT molecular complexity index is 901. The van der Waals surface area contributed by atoms with Crippen LogP contribution in [0.3, 0.4) is 0 Å². The van der Waals surface area contributed by atoms with Crippen LogP contribution in [0.2, 0.25) is 0 Å². The molecule has 27 heavy (non-hydrogen) atoms. The SMILES string of the molecule is Cc1ccc(NC(=O)c2ccc(C(=O)NCCc3ccccc3)cc2)cc1. The minimum absolute atomic E-state index is 0.142. The van der Waals surface area contributed by atoms with Crippen LogP contribution in [0.1, 0.15) is 31.8 Å². The number of benzene rings is 3. The van der Waals surface area contributed by atoms with Crippen molar-refractivity contribution >= 4 is 17.5 Å². The monoisotopic (exact) mass is 358 g/mol. The summed E-state index contributed by atoms with van der Waals surface area (Å²) in [5.74, 6) is -0.341. The highest BCUT2D eigenvalue weighted by atomic mass is 16.2. The highest BCUT2D eigenvalue weighted by Gasteiger charge is 2.09. The Kier molecular flexibility index (Phi) is 6.00. The van der Waals surface area contributed by atoms with Gasteiger partial charge in [0, 0.05) is 23.4 Å². The predicted octanol–water partition coefficient (Wildman–Crippen LogP) is 4.22. The maximum atomic E-state index is 12.3. The van der Waals surface area contributed by atoms with Gasteiger partial charge >= 0.3 is 0 Å². The van der Waals surface area contributed by atoms with Crippen molar-refractivity contribution in [2.75, 3.05) is 11.9 Å². The topological polar surface area (TPSA) is 58.2 Å². The van der Waals surface area contributed by atoms with Crippen LogP contribution in [0.15, 0.2) is 78.9 Å². The van der Waals surface area contributed by atoms with Crippen molar-refractivity contribution in [1.82, 2.24) is 5.32 Å². The van der Waals surface area contributed by atoms with Crippen LogP contribution in [0.5, 0.6) is 0 Å². The number of carbonyl (C=O) groups is 2. The Labute approximate surface area is 159 Å². The maximum Gasteiger partial charge on any atom is 0.255 e. The zero-order valence-electron chi connectivity index (χ0n) is 15.2. The average molecular weight is 358 g/mol. The van der Waals surface area contributed by atoms with E-state index in [1.54, 1.807) is 24.3 Å². The van der Waals surface area contributed by atoms with Crippen molar-refractivity contribution in [3.63, 3.8) is 0 Å². The smallest absolute Gasteiger partial charge is 0.255 e. The minimum atomic E-state index is -0.199. The molecule has 0 saturated carbocycles. The van der Waals surface area contributed by atoms with E-state index in [0.717, 1.165) is 17.7 Å². The molecule has 3 aromatic carbocycles. The fourth-order valence-corrected chi connectivity index (χ4v) is 2.68. The van der Waals surface area contributed by atoms with Gasteiger partial charge in [-0.25, -0.2) is 0 Å². The lowest BCUT2D eigenvalue weighted by Crippen LogP contribution is -2.25. The van der Waals surface area contributed by atoms with Crippen molar-refractivity contribution in [2.24, 2.45) is 0 Å². The first-order valence-corrected chi connectivity index (χ1v) is 8.92. The van der Waals surface area contributed by atoms with E-state index in [4.69, 9.17) is 0 Å². The van der Waals surface area contributed by atoms with Gasteiger partial charge in [0.25, 0.3) is 11.8 Å². The van der Waals surface area contributed by atoms with E-state index < -0.39 is 0 Å². The van der Waals surface area contributed by atoms with E-state index >= 15 is 0 Å². The van der Waals surface area contributed by atoms with Gasteiger partial charge in [-0.15, -0.1) is 0 Å². The summed E-state index contributed by atoms with van der Waals surface area (Å²) in [6.07, 6.45) is 0.781. The van der Waals surface area contributed by atoms with Crippen LogP contribution < -0.4 is 10.6 Å². The van der Waals surface area contributed by atoms with Crippen LogP contribution in [0.25, 0.3) is 0 Å². The molecule has 0 atom stereocenters. The second kappa shape index (κ2) is 8.81. The highest BCUT2D eigenvalue weighted by molar-refractivity contribution is 6.05. The number of rotatable bonds is 6. The molecule has 3 rings (SSSR count). The number of amides is 2. The van der Waals surface area contributed by atoms with E-state index in [2.05, 4.69) is 10.6 Å². The Hall–Kier alpha value is -3.40. The Morgan fingerprint density at radius 3 is 1.96 bits per heavy atom. The highest BCUT2D eigenvalue weighted by Crippen LogP contribution is 2.12. The molecule has 0 fully saturated rings. The normalized spacial score (nSPS) is 10.3. The van der Waals surface area contributed by atoms with Gasteiger partial charge in [0.2, 0.25) is 0 Å². The fourth-order valence-electron chi connectivity index (χ4n) is 2.68. The molecule has 0 spiro atoms. The first kappa shape index (κ1) is 18.4. The summed E-state index contributed by atoms with van der Waals surface area (Å²) in [6.45, 7) is 2.56. The summed E-state index contributed by atoms with van der Waals surface area (Å²) in [5.41, 5.74) is 4.11. The molecular formula is C23H22N2O2. The summed E-state index contributed by atoms with van der Waals surface area (Å²) in [4.78, 5) is 24.5. The number of carbonyl (C=O) groups excluding carboxylic acids is 2. The molecule has 2 amide bonds. The van der Waals surface area contributed by atoms with Crippen molar-refractivity contribution in [3.8, 4) is 0 Å². The van der Waals surface area contributed by atoms with E-state index in [9.17, 15) is 9.59 Å². The standard InChI is InChI=1S/C23H22N2O2/c1-17-7-13-21(14-8-17)25-23(27)20-11-9-19(10-12-20)22(26)24-16-15-18-5-3-2-4-6-18/h2-14H,15-16H2,1H3,(H,24,26)(H,25,27). The van der Waals surface area contributed by atoms with Crippen LogP contribution in [0, 0.1) is 6.92 Å². The van der Waals surface area contributed by atoms with Crippen molar-refractivity contribution in [3.05, 3.63) is 101 Å². The first-order chi connectivity index (χ1) is 13.1. The van der Waals surface area contributed by atoms with Crippen molar-refractivity contribution in [2.45, 2.75) is 13.3 Å². The third kappa shape index (κ3) is 5.28. The minimum Gasteiger partial charge on any atom is -0.352 e. The quantitative estimate of drug-likeness (QED) is 0.693. The third-order valence-corrected chi connectivity index (χ3v) is 4.26. The molecule has 3 aromatic rings. The molecule has 2 N–H and O–H groups in total. The first-order valence-electron chi connectivity index (χ1n) is 8.92. The number of anilines is 1. The molecule has 0 aliphatic heterocycles. The number of nitrogens with one attached hydrogen (secondary N) is 2. The maximum absolute atomic E-state index is 12.3. The van der Waals surface area contributed by atoms with Gasteiger partial charge in [0.1, 0.15) is 0 Å². The van der Waals surface area contributed by atoms with Gasteiger partial charge in [-0.3, -0.25) is 9.59 Å². The summed E-state index contributed by atoms with van der Waals surface area (Å²) in [5, 5.41) is 5.75. The van der Waals surface area contributed by atoms with E-state index in [1.165, 1.54) is 5.56 Å². The Morgan fingerprint density at radius 2 is 1.33 bits per heavy atom. The van der Waals surface area contributed by atoms with E-state index in [1.807, 2.05) is 61.5 Å². The van der Waals surface area contributed by atoms with Gasteiger partial charge in [-0.05, 0) is 55.3 Å². The van der Waals surface area contributed by atoms with Crippen molar-refractivity contribution in [1.29, 1.82) is 0 Å². The Balaban J connectivity index is 1.53. The molecule has 0 aromatic heterocycles. The summed E-state index contributed by atoms with van der Waals surface area (Å²) >= 11 is 0. The molecule has 0 aliphatic rings. The van der Waals surface area contributed by atoms with Crippen LogP contribution in [-0.2, 0) is 6.42 Å². The second-order valence-electron chi connectivity index (χ2n) is 6.39. The van der Waals surface area contributed by atoms with E-state index in [0.29, 0.717) is 17.7 Å². The molecule has 0 bridgehead atoms. The molecule has 0 unspecified atom stereocenters. The van der Waals surface area contributed by atoms with Gasteiger partial charge in [-0.1, -0.05) is 48.0 Å². The van der Waals surface area contributed by atoms with Crippen LogP contribution in [0.4, 0.5) is 5.69 Å². The molecule has 136 valence electrons. The average Bonchev–Trinajstić information content (AvgIpc) is 2.70. The zero-order chi connectivity index (χ0) is 19.1. The fraction of sp³-hybridized carbons (Fsp3) is 0.130. The molecule has 0 heterocycles. The van der Waals surface area contributed by atoms with Crippen LogP contribution >= 0.6 is 0 Å². The lowest BCUT2D eigenvalue weighted by Gasteiger charge is -2.08. The molecule has 4 nitrogen and oxygen atoms in total. The van der Waals surface area contributed by atoms with Crippen LogP contribution in [-0.4, -0.2) is 18.4 Å². The second-order valence-corrected chi connectivity index (χ2v) is 6.39. The van der Waals surface area contributed by atoms with Gasteiger partial charge in [0.15, 0.2) is 0 Å². The molecule has 0 aliphatic carbocycles. The zero-order valence-corrected chi connectivity index (χ0v) is 15.2. The Morgan fingerprint density at radius 1 is 0.741 bits per heavy atom. The number of aryl methyl sites for hydroxylation is 1. The number of hydrogen-bond acceptors (Lipinski definition) is 2. The predicted molar refractivity (Wildman–Crippen MR) is 108 cm³/mol. The number of hydrogen-bond donors (Lipinski definition) is 2. The molecule has 0 saturated heterocycles. The van der Waals surface area contributed by atoms with E-state index in [-0.39, 0.29) is 11.8 Å². The van der Waals surface area contributed by atoms with Gasteiger partial charge < -0.3 is 10.6 Å². The lowest BCUT2D eigenvalue weighted by molar-refractivity contribution is 0.0952. The van der Waals surface area contributed by atoms with Gasteiger partial charge in [0.05, 0.1) is 0 Å². The largest absolute Gasteiger partial charge is 0.352 e. The molecule has 0 radical (unpaired) electrons. The lowest BCUT2D eigenvalue weighted by atomic mass is 10.1. The third-order valence-electron chi connectivity index (χ3n) is 4.26. The molecular weight excluding hydrogens is 336 g/mol. The van der Waals surface area contributed by atoms with Gasteiger partial charge in [-0.2, -0.15) is 0 Å².